The van der Waals surface area contributed by atoms with Gasteiger partial charge in [-0.15, -0.1) is 0 Å². The molecule has 2 N–H and O–H groups in total. The molecule has 5 heteroatoms. The maximum absolute atomic E-state index is 11.9. The number of benzene rings is 1. The molecule has 0 saturated heterocycles. The van der Waals surface area contributed by atoms with E-state index in [0.29, 0.717) is 12.8 Å². The molecule has 0 aliphatic carbocycles. The Balaban J connectivity index is 2.73. The molecule has 1 atom stereocenters. The minimum atomic E-state index is -0.549. The first-order chi connectivity index (χ1) is 9.81. The van der Waals surface area contributed by atoms with Crippen molar-refractivity contribution in [2.75, 3.05) is 7.05 Å². The van der Waals surface area contributed by atoms with E-state index in [1.54, 1.807) is 7.05 Å². The predicted molar refractivity (Wildman–Crippen MR) is 81.9 cm³/mol. The molecule has 0 heterocycles. The number of carbonyl (C=O) groups excluding carboxylic acids is 2. The first kappa shape index (κ1) is 17.0. The van der Waals surface area contributed by atoms with Crippen LogP contribution in [-0.2, 0) is 9.53 Å². The van der Waals surface area contributed by atoms with E-state index in [1.807, 2.05) is 51.1 Å². The maximum atomic E-state index is 11.9. The third kappa shape index (κ3) is 6.79. The van der Waals surface area contributed by atoms with Crippen LogP contribution in [-0.4, -0.2) is 24.6 Å². The average Bonchev–Trinajstić information content (AvgIpc) is 2.42. The van der Waals surface area contributed by atoms with E-state index in [4.69, 9.17) is 4.74 Å². The standard InChI is InChI=1S/C16H24N2O3/c1-16(2,3)21-15(20)18-13(10-11-14(19)17-4)12-8-6-5-7-9-12/h5-9,13H,10-11H2,1-4H3,(H,17,19)(H,18,20). The summed E-state index contributed by atoms with van der Waals surface area (Å²) in [6.45, 7) is 5.44. The first-order valence-electron chi connectivity index (χ1n) is 7.07. The fraction of sp³-hybridized carbons (Fsp3) is 0.500. The number of hydrogen-bond acceptors (Lipinski definition) is 3. The smallest absolute Gasteiger partial charge is 0.408 e. The fourth-order valence-corrected chi connectivity index (χ4v) is 1.86. The summed E-state index contributed by atoms with van der Waals surface area (Å²) in [4.78, 5) is 23.3. The van der Waals surface area contributed by atoms with Crippen molar-refractivity contribution in [3.05, 3.63) is 35.9 Å². The molecular weight excluding hydrogens is 268 g/mol. The Hall–Kier alpha value is -2.04. The van der Waals surface area contributed by atoms with Gasteiger partial charge in [0.05, 0.1) is 6.04 Å². The molecular formula is C16H24N2O3. The molecule has 0 aliphatic rings. The second-order valence-electron chi connectivity index (χ2n) is 5.82. The summed E-state index contributed by atoms with van der Waals surface area (Å²) in [6.07, 6.45) is 0.377. The van der Waals surface area contributed by atoms with Gasteiger partial charge in [-0.05, 0) is 32.8 Å². The van der Waals surface area contributed by atoms with Crippen LogP contribution >= 0.6 is 0 Å². The number of hydrogen-bond donors (Lipinski definition) is 2. The number of nitrogens with one attached hydrogen (secondary N) is 2. The highest BCUT2D eigenvalue weighted by molar-refractivity contribution is 5.75. The van der Waals surface area contributed by atoms with Gasteiger partial charge < -0.3 is 15.4 Å². The summed E-state index contributed by atoms with van der Waals surface area (Å²) in [7, 11) is 1.60. The van der Waals surface area contributed by atoms with Gasteiger partial charge in [0.25, 0.3) is 0 Å². The molecule has 0 spiro atoms. The summed E-state index contributed by atoms with van der Waals surface area (Å²) in [6, 6.07) is 9.31. The van der Waals surface area contributed by atoms with Crippen molar-refractivity contribution >= 4 is 12.0 Å². The van der Waals surface area contributed by atoms with Crippen LogP contribution in [0.2, 0.25) is 0 Å². The lowest BCUT2D eigenvalue weighted by Crippen LogP contribution is -2.35. The Morgan fingerprint density at radius 3 is 2.33 bits per heavy atom. The monoisotopic (exact) mass is 292 g/mol. The number of rotatable bonds is 5. The van der Waals surface area contributed by atoms with E-state index < -0.39 is 11.7 Å². The van der Waals surface area contributed by atoms with Crippen molar-refractivity contribution < 1.29 is 14.3 Å². The molecule has 1 rings (SSSR count). The van der Waals surface area contributed by atoms with Crippen LogP contribution < -0.4 is 10.6 Å². The molecule has 0 bridgehead atoms. The molecule has 5 nitrogen and oxygen atoms in total. The molecule has 0 saturated carbocycles. The van der Waals surface area contributed by atoms with E-state index in [-0.39, 0.29) is 11.9 Å². The number of carbonyl (C=O) groups is 2. The number of alkyl carbamates (subject to hydrolysis) is 1. The van der Waals surface area contributed by atoms with Crippen molar-refractivity contribution in [3.63, 3.8) is 0 Å². The summed E-state index contributed by atoms with van der Waals surface area (Å²) in [5.41, 5.74) is 0.402. The molecule has 1 unspecified atom stereocenters. The predicted octanol–water partition coefficient (Wildman–Crippen LogP) is 2.78. The molecule has 0 radical (unpaired) electrons. The van der Waals surface area contributed by atoms with E-state index >= 15 is 0 Å². The van der Waals surface area contributed by atoms with E-state index in [0.717, 1.165) is 5.56 Å². The van der Waals surface area contributed by atoms with Crippen molar-refractivity contribution in [1.82, 2.24) is 10.6 Å². The Morgan fingerprint density at radius 1 is 1.19 bits per heavy atom. The highest BCUT2D eigenvalue weighted by Gasteiger charge is 2.20. The van der Waals surface area contributed by atoms with Crippen LogP contribution in [0.3, 0.4) is 0 Å². The SMILES string of the molecule is CNC(=O)CCC(NC(=O)OC(C)(C)C)c1ccccc1. The molecule has 1 aromatic carbocycles. The minimum absolute atomic E-state index is 0.0538. The molecule has 1 aromatic rings. The Morgan fingerprint density at radius 2 is 1.81 bits per heavy atom. The topological polar surface area (TPSA) is 67.4 Å². The van der Waals surface area contributed by atoms with Gasteiger partial charge >= 0.3 is 6.09 Å². The van der Waals surface area contributed by atoms with Crippen molar-refractivity contribution in [1.29, 1.82) is 0 Å². The van der Waals surface area contributed by atoms with E-state index in [9.17, 15) is 9.59 Å². The van der Waals surface area contributed by atoms with Gasteiger partial charge in [-0.25, -0.2) is 4.79 Å². The van der Waals surface area contributed by atoms with Gasteiger partial charge in [0, 0.05) is 13.5 Å². The zero-order valence-electron chi connectivity index (χ0n) is 13.1. The molecule has 116 valence electrons. The largest absolute Gasteiger partial charge is 0.444 e. The quantitative estimate of drug-likeness (QED) is 0.877. The van der Waals surface area contributed by atoms with E-state index in [1.165, 1.54) is 0 Å². The molecule has 0 aromatic heterocycles. The summed E-state index contributed by atoms with van der Waals surface area (Å²) in [5.74, 6) is -0.0538. The van der Waals surface area contributed by atoms with Crippen LogP contribution in [0.15, 0.2) is 30.3 Å². The first-order valence-corrected chi connectivity index (χ1v) is 7.07. The van der Waals surface area contributed by atoms with Crippen LogP contribution in [0, 0.1) is 0 Å². The summed E-state index contributed by atoms with van der Waals surface area (Å²) >= 11 is 0. The van der Waals surface area contributed by atoms with E-state index in [2.05, 4.69) is 10.6 Å². The lowest BCUT2D eigenvalue weighted by Gasteiger charge is -2.24. The van der Waals surface area contributed by atoms with Crippen LogP contribution in [0.25, 0.3) is 0 Å². The lowest BCUT2D eigenvalue weighted by atomic mass is 10.0. The highest BCUT2D eigenvalue weighted by atomic mass is 16.6. The van der Waals surface area contributed by atoms with Gasteiger partial charge in [-0.3, -0.25) is 4.79 Å². The fourth-order valence-electron chi connectivity index (χ4n) is 1.86. The molecule has 0 aliphatic heterocycles. The Bertz CT molecular complexity index is 466. The second-order valence-corrected chi connectivity index (χ2v) is 5.82. The van der Waals surface area contributed by atoms with Crippen LogP contribution in [0.4, 0.5) is 4.79 Å². The second kappa shape index (κ2) is 7.67. The normalized spacial score (nSPS) is 12.4. The summed E-state index contributed by atoms with van der Waals surface area (Å²) < 4.78 is 5.27. The maximum Gasteiger partial charge on any atom is 0.408 e. The lowest BCUT2D eigenvalue weighted by molar-refractivity contribution is -0.120. The van der Waals surface area contributed by atoms with Crippen molar-refractivity contribution in [2.24, 2.45) is 0 Å². The molecule has 21 heavy (non-hydrogen) atoms. The molecule has 2 amide bonds. The average molecular weight is 292 g/mol. The van der Waals surface area contributed by atoms with Gasteiger partial charge in [0.15, 0.2) is 0 Å². The minimum Gasteiger partial charge on any atom is -0.444 e. The highest BCUT2D eigenvalue weighted by Crippen LogP contribution is 2.19. The van der Waals surface area contributed by atoms with Crippen LogP contribution in [0.5, 0.6) is 0 Å². The Kier molecular flexibility index (Phi) is 6.21. The van der Waals surface area contributed by atoms with Crippen LogP contribution in [0.1, 0.15) is 45.2 Å². The molecule has 0 fully saturated rings. The number of amides is 2. The third-order valence-electron chi connectivity index (χ3n) is 2.83. The van der Waals surface area contributed by atoms with Gasteiger partial charge in [-0.1, -0.05) is 30.3 Å². The van der Waals surface area contributed by atoms with Gasteiger partial charge in [0.1, 0.15) is 5.60 Å². The van der Waals surface area contributed by atoms with Gasteiger partial charge in [0.2, 0.25) is 5.91 Å². The van der Waals surface area contributed by atoms with Crippen molar-refractivity contribution in [2.45, 2.75) is 45.3 Å². The zero-order chi connectivity index (χ0) is 15.9. The van der Waals surface area contributed by atoms with Gasteiger partial charge in [-0.2, -0.15) is 0 Å². The zero-order valence-corrected chi connectivity index (χ0v) is 13.1. The number of ether oxygens (including phenoxy) is 1. The third-order valence-corrected chi connectivity index (χ3v) is 2.83. The Labute approximate surface area is 126 Å². The van der Waals surface area contributed by atoms with Crippen molar-refractivity contribution in [3.8, 4) is 0 Å². The summed E-state index contributed by atoms with van der Waals surface area (Å²) in [5, 5.41) is 5.41.